The molecule has 36 heavy (non-hydrogen) atoms. The van der Waals surface area contributed by atoms with Gasteiger partial charge in [-0.2, -0.15) is 14.0 Å². The number of amides is 2. The SMILES string of the molecule is N#CC1(NC(=O)[C@@H]([NH-])CCC(F)(F)c2ccccn2)CC1.O=C(O)N1CC2(CCN(C3CC3)CC2)C1. The van der Waals surface area contributed by atoms with Gasteiger partial charge in [-0.3, -0.25) is 9.78 Å². The number of hydrogen-bond acceptors (Lipinski definition) is 5. The molecular formula is C25H33F2N6O3-. The summed E-state index contributed by atoms with van der Waals surface area (Å²) >= 11 is 0. The number of halogens is 2. The third-order valence-corrected chi connectivity index (χ3v) is 7.67. The summed E-state index contributed by atoms with van der Waals surface area (Å²) in [5, 5.41) is 20.1. The summed E-state index contributed by atoms with van der Waals surface area (Å²) in [6.07, 6.45) is 5.87. The Bertz CT molecular complexity index is 977. The van der Waals surface area contributed by atoms with Gasteiger partial charge in [0.05, 0.1) is 6.07 Å². The van der Waals surface area contributed by atoms with E-state index in [2.05, 4.69) is 15.2 Å². The smallest absolute Gasteiger partial charge is 0.407 e. The molecule has 0 bridgehead atoms. The zero-order valence-electron chi connectivity index (χ0n) is 20.3. The summed E-state index contributed by atoms with van der Waals surface area (Å²) in [6, 6.07) is 5.74. The Morgan fingerprint density at radius 3 is 2.42 bits per heavy atom. The lowest BCUT2D eigenvalue weighted by atomic mass is 9.72. The van der Waals surface area contributed by atoms with Crippen molar-refractivity contribution in [2.75, 3.05) is 26.2 Å². The zero-order chi connectivity index (χ0) is 26.0. The predicted molar refractivity (Wildman–Crippen MR) is 127 cm³/mol. The first-order chi connectivity index (χ1) is 17.1. The lowest BCUT2D eigenvalue weighted by molar-refractivity contribution is -0.122. The van der Waals surface area contributed by atoms with Crippen LogP contribution in [0.1, 0.15) is 57.1 Å². The molecule has 1 aromatic heterocycles. The number of piperidine rings is 1. The zero-order valence-corrected chi connectivity index (χ0v) is 20.3. The van der Waals surface area contributed by atoms with Gasteiger partial charge in [-0.15, -0.1) is 0 Å². The van der Waals surface area contributed by atoms with Gasteiger partial charge >= 0.3 is 6.09 Å². The number of alkyl halides is 2. The van der Waals surface area contributed by atoms with E-state index in [-0.39, 0.29) is 12.1 Å². The van der Waals surface area contributed by atoms with E-state index in [0.29, 0.717) is 18.3 Å². The predicted octanol–water partition coefficient (Wildman–Crippen LogP) is 3.77. The van der Waals surface area contributed by atoms with E-state index >= 15 is 0 Å². The van der Waals surface area contributed by atoms with E-state index in [4.69, 9.17) is 16.1 Å². The topological polar surface area (TPSA) is 133 Å². The van der Waals surface area contributed by atoms with Crippen LogP contribution in [-0.4, -0.2) is 75.7 Å². The molecule has 9 nitrogen and oxygen atoms in total. The summed E-state index contributed by atoms with van der Waals surface area (Å²) in [6.45, 7) is 3.94. The Kier molecular flexibility index (Phi) is 7.48. The minimum absolute atomic E-state index is 0.295. The van der Waals surface area contributed by atoms with E-state index in [9.17, 15) is 18.4 Å². The molecule has 2 aliphatic heterocycles. The van der Waals surface area contributed by atoms with Crippen molar-refractivity contribution < 1.29 is 23.5 Å². The monoisotopic (exact) mass is 503 g/mol. The molecule has 3 N–H and O–H groups in total. The number of nitrogens with zero attached hydrogens (tertiary/aromatic N) is 4. The van der Waals surface area contributed by atoms with Gasteiger partial charge in [-0.1, -0.05) is 18.5 Å². The van der Waals surface area contributed by atoms with Gasteiger partial charge in [0.1, 0.15) is 11.2 Å². The van der Waals surface area contributed by atoms with Gasteiger partial charge in [-0.25, -0.2) is 4.79 Å². The maximum atomic E-state index is 13.9. The molecule has 11 heteroatoms. The number of carboxylic acid groups (broad SMARTS) is 1. The number of hydrogen-bond donors (Lipinski definition) is 2. The first-order valence-electron chi connectivity index (χ1n) is 12.5. The normalized spacial score (nSPS) is 22.9. The van der Waals surface area contributed by atoms with E-state index < -0.39 is 35.9 Å². The highest BCUT2D eigenvalue weighted by molar-refractivity contribution is 5.84. The Morgan fingerprint density at radius 2 is 1.92 bits per heavy atom. The van der Waals surface area contributed by atoms with Gasteiger partial charge in [0, 0.05) is 37.2 Å². The number of likely N-dealkylation sites (tertiary alicyclic amines) is 2. The summed E-state index contributed by atoms with van der Waals surface area (Å²) in [5.74, 6) is -3.85. The average molecular weight is 504 g/mol. The van der Waals surface area contributed by atoms with Gasteiger partial charge < -0.3 is 26.0 Å². The van der Waals surface area contributed by atoms with Gasteiger partial charge in [-0.05, 0) is 63.7 Å². The van der Waals surface area contributed by atoms with Gasteiger partial charge in [0.15, 0.2) is 0 Å². The summed E-state index contributed by atoms with van der Waals surface area (Å²) < 4.78 is 27.7. The number of nitrogens with one attached hydrogen (secondary N) is 2. The lowest BCUT2D eigenvalue weighted by Crippen LogP contribution is -2.61. The number of carbonyl (C=O) groups excluding carboxylic acids is 1. The molecule has 2 saturated carbocycles. The van der Waals surface area contributed by atoms with Crippen LogP contribution in [0, 0.1) is 16.7 Å². The number of aromatic nitrogens is 1. The average Bonchev–Trinajstić information content (AvgIpc) is 3.78. The van der Waals surface area contributed by atoms with E-state index in [0.717, 1.165) is 19.1 Å². The molecular weight excluding hydrogens is 470 g/mol. The molecule has 2 saturated heterocycles. The number of nitriles is 1. The quantitative estimate of drug-likeness (QED) is 0.582. The van der Waals surface area contributed by atoms with Crippen LogP contribution in [0.4, 0.5) is 13.6 Å². The molecule has 2 aliphatic carbocycles. The second-order valence-electron chi connectivity index (χ2n) is 10.6. The molecule has 3 heterocycles. The molecule has 1 aromatic rings. The second-order valence-corrected chi connectivity index (χ2v) is 10.6. The fourth-order valence-corrected chi connectivity index (χ4v) is 4.89. The molecule has 2 amide bonds. The maximum Gasteiger partial charge on any atom is 0.407 e. The maximum absolute atomic E-state index is 13.9. The molecule has 0 unspecified atom stereocenters. The largest absolute Gasteiger partial charge is 0.667 e. The van der Waals surface area contributed by atoms with Crippen LogP contribution in [0.3, 0.4) is 0 Å². The third kappa shape index (κ3) is 6.28. The Balaban J connectivity index is 0.000000178. The number of rotatable bonds is 7. The van der Waals surface area contributed by atoms with Crippen molar-refractivity contribution in [3.8, 4) is 6.07 Å². The number of carbonyl (C=O) groups is 2. The van der Waals surface area contributed by atoms with Gasteiger partial charge in [0.25, 0.3) is 5.92 Å². The minimum Gasteiger partial charge on any atom is -0.667 e. The van der Waals surface area contributed by atoms with E-state index in [1.165, 1.54) is 63.2 Å². The Hall–Kier alpha value is -2.84. The van der Waals surface area contributed by atoms with Crippen molar-refractivity contribution >= 4 is 12.0 Å². The summed E-state index contributed by atoms with van der Waals surface area (Å²) in [7, 11) is 0. The summed E-state index contributed by atoms with van der Waals surface area (Å²) in [4.78, 5) is 30.1. The van der Waals surface area contributed by atoms with Crippen molar-refractivity contribution in [1.29, 1.82) is 5.26 Å². The first-order valence-corrected chi connectivity index (χ1v) is 12.5. The van der Waals surface area contributed by atoms with Crippen LogP contribution in [0.25, 0.3) is 5.73 Å². The molecule has 0 aromatic carbocycles. The van der Waals surface area contributed by atoms with E-state index in [1.54, 1.807) is 4.90 Å². The molecule has 4 fully saturated rings. The van der Waals surface area contributed by atoms with Crippen molar-refractivity contribution in [2.45, 2.75) is 74.9 Å². The van der Waals surface area contributed by atoms with Crippen LogP contribution in [0.5, 0.6) is 0 Å². The van der Waals surface area contributed by atoms with Crippen molar-refractivity contribution in [3.05, 3.63) is 35.8 Å². The fourth-order valence-electron chi connectivity index (χ4n) is 4.89. The van der Waals surface area contributed by atoms with E-state index in [1.807, 2.05) is 6.07 Å². The second kappa shape index (κ2) is 10.3. The highest BCUT2D eigenvalue weighted by atomic mass is 19.3. The van der Waals surface area contributed by atoms with Crippen molar-refractivity contribution in [2.24, 2.45) is 5.41 Å². The van der Waals surface area contributed by atoms with Crippen LogP contribution in [0.15, 0.2) is 24.4 Å². The highest BCUT2D eigenvalue weighted by Crippen LogP contribution is 2.42. The third-order valence-electron chi connectivity index (χ3n) is 7.67. The van der Waals surface area contributed by atoms with Crippen molar-refractivity contribution in [1.82, 2.24) is 20.1 Å². The van der Waals surface area contributed by atoms with Crippen LogP contribution in [0.2, 0.25) is 0 Å². The lowest BCUT2D eigenvalue weighted by Gasteiger charge is -2.53. The molecule has 1 atom stereocenters. The number of pyridine rings is 1. The van der Waals surface area contributed by atoms with Crippen molar-refractivity contribution in [3.63, 3.8) is 0 Å². The highest BCUT2D eigenvalue weighted by Gasteiger charge is 2.48. The minimum atomic E-state index is -3.17. The van der Waals surface area contributed by atoms with Crippen LogP contribution < -0.4 is 5.32 Å². The fraction of sp³-hybridized carbons (Fsp3) is 0.680. The first kappa shape index (κ1) is 26.2. The Morgan fingerprint density at radius 1 is 1.25 bits per heavy atom. The summed E-state index contributed by atoms with van der Waals surface area (Å²) in [5.41, 5.74) is 6.74. The molecule has 0 radical (unpaired) electrons. The molecule has 4 aliphatic rings. The Labute approximate surface area is 209 Å². The molecule has 5 rings (SSSR count). The molecule has 1 spiro atoms. The van der Waals surface area contributed by atoms with Crippen LogP contribution >= 0.6 is 0 Å². The molecule has 196 valence electrons. The van der Waals surface area contributed by atoms with Gasteiger partial charge in [0.2, 0.25) is 5.91 Å². The standard InChI is InChI=1S/C14H15F2N4O.C11H18N2O2/c15-14(16,11-3-1-2-8-19-11)5-4-10(18)12(21)20-13(9-17)6-7-13;14-10(15)13-7-11(8-13)3-5-12(6-4-11)9-1-2-9/h1-3,8,10,18H,4-7H2,(H,20,21);9H,1-8H2,(H,14,15)/q-1;/t10-;/m0./s1. The van der Waals surface area contributed by atoms with Crippen LogP contribution in [-0.2, 0) is 10.7 Å².